The molecular weight excluding hydrogens is 446 g/mol. The third-order valence-corrected chi connectivity index (χ3v) is 6.46. The Kier molecular flexibility index (Phi) is 6.15. The first kappa shape index (κ1) is 22.9. The molecule has 3 N–H and O–H groups in total. The summed E-state index contributed by atoms with van der Waals surface area (Å²) in [6.45, 7) is 1.26. The van der Waals surface area contributed by atoms with E-state index in [4.69, 9.17) is 4.74 Å². The van der Waals surface area contributed by atoms with Gasteiger partial charge in [-0.2, -0.15) is 0 Å². The second kappa shape index (κ2) is 9.40. The van der Waals surface area contributed by atoms with Gasteiger partial charge in [0.25, 0.3) is 11.8 Å². The van der Waals surface area contributed by atoms with Crippen LogP contribution >= 0.6 is 0 Å². The van der Waals surface area contributed by atoms with Gasteiger partial charge in [-0.3, -0.25) is 14.9 Å². The van der Waals surface area contributed by atoms with Gasteiger partial charge in [0.15, 0.2) is 0 Å². The molecule has 35 heavy (non-hydrogen) atoms. The van der Waals surface area contributed by atoms with Crippen molar-refractivity contribution >= 4 is 44.8 Å². The second-order valence-corrected chi connectivity index (χ2v) is 8.56. The third-order valence-electron chi connectivity index (χ3n) is 6.46. The van der Waals surface area contributed by atoms with Crippen LogP contribution in [0.3, 0.4) is 0 Å². The second-order valence-electron chi connectivity index (χ2n) is 8.56. The fraction of sp³-hybridized carbons (Fsp3) is 0.259. The molecule has 1 aliphatic heterocycles. The summed E-state index contributed by atoms with van der Waals surface area (Å²) in [6, 6.07) is 13.4. The number of nitrogens with zero attached hydrogens (tertiary/aromatic N) is 2. The van der Waals surface area contributed by atoms with Gasteiger partial charge in [0.2, 0.25) is 0 Å². The third kappa shape index (κ3) is 3.90. The Bertz CT molecular complexity index is 1480. The van der Waals surface area contributed by atoms with E-state index in [0.717, 1.165) is 21.8 Å². The molecule has 0 radical (unpaired) electrons. The number of amides is 2. The summed E-state index contributed by atoms with van der Waals surface area (Å²) in [7, 11) is 1.58. The van der Waals surface area contributed by atoms with Crippen LogP contribution < -0.4 is 10.1 Å². The van der Waals surface area contributed by atoms with Gasteiger partial charge in [-0.15, -0.1) is 0 Å². The van der Waals surface area contributed by atoms with Crippen LogP contribution in [0.15, 0.2) is 54.9 Å². The Morgan fingerprint density at radius 2 is 1.37 bits per heavy atom. The van der Waals surface area contributed by atoms with Crippen LogP contribution in [0.4, 0.5) is 0 Å². The molecule has 5 rings (SSSR count). The molecule has 2 aromatic heterocycles. The SMILES string of the molecule is COc1ccc2c(c1)c(C1=C(c3cn(CCCO)c4ccccc34)C(=O)NC1=O)cn2CCCO. The van der Waals surface area contributed by atoms with Crippen molar-refractivity contribution in [1.29, 1.82) is 0 Å². The number of imide groups is 1. The molecule has 0 saturated heterocycles. The molecule has 0 bridgehead atoms. The van der Waals surface area contributed by atoms with E-state index in [1.165, 1.54) is 0 Å². The van der Waals surface area contributed by atoms with Crippen molar-refractivity contribution in [2.45, 2.75) is 25.9 Å². The number of hydrogen-bond donors (Lipinski definition) is 3. The average molecular weight is 474 g/mol. The Balaban J connectivity index is 1.78. The summed E-state index contributed by atoms with van der Waals surface area (Å²) in [4.78, 5) is 26.4. The standard InChI is InChI=1S/C27H27N3O5/c1-35-17-8-9-23-19(14-17)21(16-30(23)11-5-13-32)25-24(26(33)28-27(25)34)20-15-29(10-4-12-31)22-7-3-2-6-18(20)22/h2-3,6-9,14-16,31-32H,4-5,10-13H2,1H3,(H,28,33,34). The maximum Gasteiger partial charge on any atom is 0.259 e. The monoisotopic (exact) mass is 473 g/mol. The minimum absolute atomic E-state index is 0.0470. The molecule has 180 valence electrons. The van der Waals surface area contributed by atoms with E-state index in [1.807, 2.05) is 64.0 Å². The number of benzene rings is 2. The highest BCUT2D eigenvalue weighted by molar-refractivity contribution is 6.50. The van der Waals surface area contributed by atoms with E-state index < -0.39 is 11.8 Å². The van der Waals surface area contributed by atoms with Crippen LogP contribution in [0.25, 0.3) is 33.0 Å². The van der Waals surface area contributed by atoms with Gasteiger partial charge >= 0.3 is 0 Å². The average Bonchev–Trinajstić information content (AvgIpc) is 3.51. The molecule has 1 aliphatic rings. The van der Waals surface area contributed by atoms with Crippen LogP contribution in [0.1, 0.15) is 24.0 Å². The predicted octanol–water partition coefficient (Wildman–Crippen LogP) is 2.94. The van der Waals surface area contributed by atoms with Crippen LogP contribution in [-0.4, -0.2) is 51.5 Å². The van der Waals surface area contributed by atoms with E-state index >= 15 is 0 Å². The number of aromatic nitrogens is 2. The van der Waals surface area contributed by atoms with Crippen molar-refractivity contribution in [3.8, 4) is 5.75 Å². The van der Waals surface area contributed by atoms with Gasteiger partial charge in [0.1, 0.15) is 5.75 Å². The van der Waals surface area contributed by atoms with E-state index in [9.17, 15) is 19.8 Å². The molecule has 0 aliphatic carbocycles. The van der Waals surface area contributed by atoms with Gasteiger partial charge in [0, 0.05) is 71.6 Å². The zero-order valence-corrected chi connectivity index (χ0v) is 19.5. The summed E-state index contributed by atoms with van der Waals surface area (Å²) in [5.41, 5.74) is 3.79. The highest BCUT2D eigenvalue weighted by atomic mass is 16.5. The van der Waals surface area contributed by atoms with E-state index in [-0.39, 0.29) is 13.2 Å². The summed E-state index contributed by atoms with van der Waals surface area (Å²) < 4.78 is 9.43. The fourth-order valence-corrected chi connectivity index (χ4v) is 4.87. The predicted molar refractivity (Wildman–Crippen MR) is 134 cm³/mol. The Morgan fingerprint density at radius 1 is 0.800 bits per heavy atom. The first-order valence-corrected chi connectivity index (χ1v) is 11.6. The lowest BCUT2D eigenvalue weighted by Gasteiger charge is -2.05. The summed E-state index contributed by atoms with van der Waals surface area (Å²) in [5, 5.41) is 22.9. The number of rotatable bonds is 9. The van der Waals surface area contributed by atoms with Crippen LogP contribution in [0.5, 0.6) is 5.75 Å². The minimum Gasteiger partial charge on any atom is -0.497 e. The summed E-state index contributed by atoms with van der Waals surface area (Å²) in [5.74, 6) is -0.235. The maximum atomic E-state index is 13.2. The Hall–Kier alpha value is -3.88. The van der Waals surface area contributed by atoms with Crippen LogP contribution in [0, 0.1) is 0 Å². The van der Waals surface area contributed by atoms with Crippen molar-refractivity contribution in [3.05, 3.63) is 66.0 Å². The number of carbonyl (C=O) groups excluding carboxylic acids is 2. The minimum atomic E-state index is -0.443. The number of aryl methyl sites for hydroxylation is 2. The number of aliphatic hydroxyl groups excluding tert-OH is 2. The van der Waals surface area contributed by atoms with E-state index in [2.05, 4.69) is 5.32 Å². The number of carbonyl (C=O) groups is 2. The largest absolute Gasteiger partial charge is 0.497 e. The molecule has 0 unspecified atom stereocenters. The molecule has 0 fully saturated rings. The lowest BCUT2D eigenvalue weighted by molar-refractivity contribution is -0.122. The topological polar surface area (TPSA) is 106 Å². The zero-order chi connectivity index (χ0) is 24.5. The lowest BCUT2D eigenvalue weighted by atomic mass is 9.95. The molecule has 0 saturated carbocycles. The number of fused-ring (bicyclic) bond motifs is 2. The molecule has 8 nitrogen and oxygen atoms in total. The van der Waals surface area contributed by atoms with Crippen molar-refractivity contribution in [3.63, 3.8) is 0 Å². The normalized spacial score (nSPS) is 13.9. The highest BCUT2D eigenvalue weighted by Crippen LogP contribution is 2.39. The molecule has 0 atom stereocenters. The first-order valence-electron chi connectivity index (χ1n) is 11.6. The van der Waals surface area contributed by atoms with Crippen molar-refractivity contribution in [2.24, 2.45) is 0 Å². The maximum absolute atomic E-state index is 13.2. The number of ether oxygens (including phenoxy) is 1. The smallest absolute Gasteiger partial charge is 0.259 e. The Morgan fingerprint density at radius 3 is 1.97 bits per heavy atom. The number of aliphatic hydroxyl groups is 2. The summed E-state index contributed by atoms with van der Waals surface area (Å²) >= 11 is 0. The number of nitrogens with one attached hydrogen (secondary N) is 1. The lowest BCUT2D eigenvalue weighted by Crippen LogP contribution is -2.22. The first-order chi connectivity index (χ1) is 17.1. The molecule has 3 heterocycles. The van der Waals surface area contributed by atoms with Gasteiger partial charge in [-0.05, 0) is 37.1 Å². The van der Waals surface area contributed by atoms with Crippen LogP contribution in [-0.2, 0) is 22.7 Å². The number of hydrogen-bond acceptors (Lipinski definition) is 5. The molecule has 4 aromatic rings. The van der Waals surface area contributed by atoms with Gasteiger partial charge in [-0.25, -0.2) is 0 Å². The molecule has 2 aromatic carbocycles. The Labute approximate surface area is 202 Å². The zero-order valence-electron chi connectivity index (χ0n) is 19.5. The van der Waals surface area contributed by atoms with E-state index in [0.29, 0.717) is 54.0 Å². The molecule has 2 amide bonds. The molecule has 0 spiro atoms. The van der Waals surface area contributed by atoms with Gasteiger partial charge in [-0.1, -0.05) is 18.2 Å². The molecular formula is C27H27N3O5. The van der Waals surface area contributed by atoms with Gasteiger partial charge in [0.05, 0.1) is 18.3 Å². The number of methoxy groups -OCH3 is 1. The van der Waals surface area contributed by atoms with Gasteiger partial charge < -0.3 is 24.1 Å². The van der Waals surface area contributed by atoms with E-state index in [1.54, 1.807) is 7.11 Å². The summed E-state index contributed by atoms with van der Waals surface area (Å²) in [6.07, 6.45) is 4.90. The highest BCUT2D eigenvalue weighted by Gasteiger charge is 2.35. The number of para-hydroxylation sites is 1. The van der Waals surface area contributed by atoms with Crippen molar-refractivity contribution in [2.75, 3.05) is 20.3 Å². The van der Waals surface area contributed by atoms with Crippen molar-refractivity contribution in [1.82, 2.24) is 14.5 Å². The van der Waals surface area contributed by atoms with Crippen LogP contribution in [0.2, 0.25) is 0 Å². The quantitative estimate of drug-likeness (QED) is 0.324. The molecule has 8 heteroatoms. The fourth-order valence-electron chi connectivity index (χ4n) is 4.87. The van der Waals surface area contributed by atoms with Crippen molar-refractivity contribution < 1.29 is 24.5 Å².